The van der Waals surface area contributed by atoms with Crippen LogP contribution in [0.15, 0.2) is 24.3 Å². The van der Waals surface area contributed by atoms with E-state index in [0.29, 0.717) is 5.56 Å². The van der Waals surface area contributed by atoms with E-state index in [2.05, 4.69) is 10.1 Å². The number of carbonyl (C=O) groups excluding carboxylic acids is 1. The number of nitrogens with one attached hydrogen (secondary N) is 1. The van der Waals surface area contributed by atoms with Crippen LogP contribution in [0.1, 0.15) is 11.7 Å². The Labute approximate surface area is 96.5 Å². The predicted molar refractivity (Wildman–Crippen MR) is 54.8 cm³/mol. The minimum absolute atomic E-state index is 0.0728. The van der Waals surface area contributed by atoms with Crippen LogP contribution in [0.4, 0.5) is 8.78 Å². The van der Waals surface area contributed by atoms with Gasteiger partial charge in [-0.2, -0.15) is 8.78 Å². The van der Waals surface area contributed by atoms with E-state index in [1.807, 2.05) is 0 Å². The van der Waals surface area contributed by atoms with Crippen LogP contribution >= 0.6 is 0 Å². The number of rotatable bonds is 3. The van der Waals surface area contributed by atoms with Crippen LogP contribution in [0.3, 0.4) is 0 Å². The summed E-state index contributed by atoms with van der Waals surface area (Å²) >= 11 is 0. The number of ether oxygens (including phenoxy) is 2. The van der Waals surface area contributed by atoms with Crippen LogP contribution in [0, 0.1) is 0 Å². The van der Waals surface area contributed by atoms with Crippen molar-refractivity contribution < 1.29 is 23.0 Å². The van der Waals surface area contributed by atoms with Crippen molar-refractivity contribution >= 4 is 5.91 Å². The molecule has 2 rings (SSSR count). The maximum Gasteiger partial charge on any atom is 0.387 e. The highest BCUT2D eigenvalue weighted by Crippen LogP contribution is 2.29. The molecule has 1 saturated heterocycles. The third-order valence-corrected chi connectivity index (χ3v) is 2.38. The molecule has 1 atom stereocenters. The molecule has 0 saturated carbocycles. The number of morpholine rings is 1. The van der Waals surface area contributed by atoms with Gasteiger partial charge in [0.1, 0.15) is 18.5 Å². The molecule has 0 unspecified atom stereocenters. The van der Waals surface area contributed by atoms with E-state index >= 15 is 0 Å². The average molecular weight is 243 g/mol. The van der Waals surface area contributed by atoms with Crippen molar-refractivity contribution in [1.82, 2.24) is 5.32 Å². The predicted octanol–water partition coefficient (Wildman–Crippen LogP) is 1.48. The first kappa shape index (κ1) is 11.8. The van der Waals surface area contributed by atoms with Crippen LogP contribution in [0.5, 0.6) is 5.75 Å². The zero-order chi connectivity index (χ0) is 12.3. The van der Waals surface area contributed by atoms with Crippen LogP contribution in [0.25, 0.3) is 0 Å². The highest BCUT2D eigenvalue weighted by molar-refractivity contribution is 5.77. The van der Waals surface area contributed by atoms with Gasteiger partial charge in [-0.15, -0.1) is 0 Å². The van der Waals surface area contributed by atoms with E-state index in [4.69, 9.17) is 4.74 Å². The number of benzene rings is 1. The van der Waals surface area contributed by atoms with Gasteiger partial charge in [0.25, 0.3) is 0 Å². The van der Waals surface area contributed by atoms with Gasteiger partial charge in [0, 0.05) is 12.1 Å². The fraction of sp³-hybridized carbons (Fsp3) is 0.364. The quantitative estimate of drug-likeness (QED) is 0.874. The Bertz CT molecular complexity index is 401. The molecule has 0 radical (unpaired) electrons. The fourth-order valence-electron chi connectivity index (χ4n) is 1.64. The van der Waals surface area contributed by atoms with E-state index in [1.54, 1.807) is 18.2 Å². The van der Waals surface area contributed by atoms with Crippen LogP contribution in [0.2, 0.25) is 0 Å². The molecular formula is C11H11F2NO3. The molecule has 0 spiro atoms. The molecule has 17 heavy (non-hydrogen) atoms. The summed E-state index contributed by atoms with van der Waals surface area (Å²) in [5.74, 6) is -0.142. The minimum atomic E-state index is -2.88. The lowest BCUT2D eigenvalue weighted by atomic mass is 10.1. The third kappa shape index (κ3) is 2.91. The van der Waals surface area contributed by atoms with Gasteiger partial charge in [-0.1, -0.05) is 18.2 Å². The third-order valence-electron chi connectivity index (χ3n) is 2.38. The second kappa shape index (κ2) is 5.09. The van der Waals surface area contributed by atoms with Crippen molar-refractivity contribution in [3.05, 3.63) is 29.8 Å². The van der Waals surface area contributed by atoms with Crippen molar-refractivity contribution in [3.8, 4) is 5.75 Å². The van der Waals surface area contributed by atoms with Crippen molar-refractivity contribution in [3.63, 3.8) is 0 Å². The smallest absolute Gasteiger partial charge is 0.387 e. The first-order valence-corrected chi connectivity index (χ1v) is 5.09. The molecule has 1 amide bonds. The standard InChI is InChI=1S/C11H11F2NO3/c12-11(13)17-8-4-2-1-3-7(8)9-5-14-10(15)6-16-9/h1-4,9,11H,5-6H2,(H,14,15)/t9-/m1/s1. The summed E-state index contributed by atoms with van der Waals surface area (Å²) < 4.78 is 34.1. The lowest BCUT2D eigenvalue weighted by Gasteiger charge is -2.25. The summed E-state index contributed by atoms with van der Waals surface area (Å²) in [5, 5.41) is 2.60. The van der Waals surface area contributed by atoms with Gasteiger partial charge in [0.15, 0.2) is 0 Å². The number of hydrogen-bond acceptors (Lipinski definition) is 3. The van der Waals surface area contributed by atoms with Crippen molar-refractivity contribution in [1.29, 1.82) is 0 Å². The molecule has 6 heteroatoms. The molecule has 1 N–H and O–H groups in total. The summed E-state index contributed by atoms with van der Waals surface area (Å²) in [4.78, 5) is 10.9. The number of carbonyl (C=O) groups is 1. The van der Waals surface area contributed by atoms with Gasteiger partial charge in [-0.25, -0.2) is 0 Å². The zero-order valence-electron chi connectivity index (χ0n) is 8.86. The van der Waals surface area contributed by atoms with Crippen LogP contribution in [-0.4, -0.2) is 25.7 Å². The van der Waals surface area contributed by atoms with Crippen LogP contribution < -0.4 is 10.1 Å². The fourth-order valence-corrected chi connectivity index (χ4v) is 1.64. The van der Waals surface area contributed by atoms with Gasteiger partial charge in [0.05, 0.1) is 0 Å². The van der Waals surface area contributed by atoms with E-state index in [1.165, 1.54) is 6.07 Å². The molecule has 1 aliphatic rings. The van der Waals surface area contributed by atoms with Crippen molar-refractivity contribution in [2.75, 3.05) is 13.2 Å². The highest BCUT2D eigenvalue weighted by atomic mass is 19.3. The van der Waals surface area contributed by atoms with E-state index < -0.39 is 12.7 Å². The molecule has 0 aromatic heterocycles. The maximum absolute atomic E-state index is 12.2. The number of hydrogen-bond donors (Lipinski definition) is 1. The molecule has 1 fully saturated rings. The Balaban J connectivity index is 2.16. The van der Waals surface area contributed by atoms with E-state index in [-0.39, 0.29) is 24.8 Å². The molecule has 0 aliphatic carbocycles. The number of halogens is 2. The molecular weight excluding hydrogens is 232 g/mol. The molecule has 1 aromatic rings. The SMILES string of the molecule is O=C1CO[C@@H](c2ccccc2OC(F)F)CN1. The largest absolute Gasteiger partial charge is 0.434 e. The van der Waals surface area contributed by atoms with Crippen molar-refractivity contribution in [2.24, 2.45) is 0 Å². The van der Waals surface area contributed by atoms with Gasteiger partial charge in [-0.05, 0) is 6.07 Å². The Morgan fingerprint density at radius 2 is 2.18 bits per heavy atom. The lowest BCUT2D eigenvalue weighted by Crippen LogP contribution is -2.38. The van der Waals surface area contributed by atoms with Crippen molar-refractivity contribution in [2.45, 2.75) is 12.7 Å². The van der Waals surface area contributed by atoms with Gasteiger partial charge < -0.3 is 14.8 Å². The highest BCUT2D eigenvalue weighted by Gasteiger charge is 2.23. The molecule has 4 nitrogen and oxygen atoms in total. The summed E-state index contributed by atoms with van der Waals surface area (Å²) in [7, 11) is 0. The second-order valence-electron chi connectivity index (χ2n) is 3.52. The van der Waals surface area contributed by atoms with E-state index in [9.17, 15) is 13.6 Å². The minimum Gasteiger partial charge on any atom is -0.434 e. The van der Waals surface area contributed by atoms with Gasteiger partial charge in [0.2, 0.25) is 5.91 Å². The summed E-state index contributed by atoms with van der Waals surface area (Å²) in [6, 6.07) is 6.39. The monoisotopic (exact) mass is 243 g/mol. The summed E-state index contributed by atoms with van der Waals surface area (Å²) in [5.41, 5.74) is 0.507. The number of para-hydroxylation sites is 1. The van der Waals surface area contributed by atoms with E-state index in [0.717, 1.165) is 0 Å². The van der Waals surface area contributed by atoms with Gasteiger partial charge >= 0.3 is 6.61 Å². The Kier molecular flexibility index (Phi) is 3.53. The number of alkyl halides is 2. The normalized spacial score (nSPS) is 20.2. The summed E-state index contributed by atoms with van der Waals surface area (Å²) in [6.45, 7) is -2.70. The first-order chi connectivity index (χ1) is 8.16. The average Bonchev–Trinajstić information content (AvgIpc) is 2.30. The topological polar surface area (TPSA) is 47.6 Å². The zero-order valence-corrected chi connectivity index (χ0v) is 8.86. The molecule has 1 heterocycles. The summed E-state index contributed by atoms with van der Waals surface area (Å²) in [6.07, 6.45) is -0.456. The first-order valence-electron chi connectivity index (χ1n) is 5.09. The molecule has 0 bridgehead atoms. The molecule has 92 valence electrons. The number of amides is 1. The molecule has 1 aliphatic heterocycles. The van der Waals surface area contributed by atoms with Crippen LogP contribution in [-0.2, 0) is 9.53 Å². The Morgan fingerprint density at radius 3 is 2.82 bits per heavy atom. The lowest BCUT2D eigenvalue weighted by molar-refractivity contribution is -0.133. The Hall–Kier alpha value is -1.69. The second-order valence-corrected chi connectivity index (χ2v) is 3.52. The molecule has 1 aromatic carbocycles. The Morgan fingerprint density at radius 1 is 1.41 bits per heavy atom. The maximum atomic E-state index is 12.2. The van der Waals surface area contributed by atoms with Gasteiger partial charge in [-0.3, -0.25) is 4.79 Å².